The molecule has 5 heteroatoms. The number of nitrogens with zero attached hydrogens (tertiary/aromatic N) is 1. The van der Waals surface area contributed by atoms with E-state index < -0.39 is 0 Å². The molecule has 0 heterocycles. The molecular weight excluding hydrogens is 294 g/mol. The van der Waals surface area contributed by atoms with Crippen molar-refractivity contribution in [2.75, 3.05) is 6.61 Å². The Labute approximate surface area is 139 Å². The van der Waals surface area contributed by atoms with Crippen LogP contribution < -0.4 is 15.9 Å². The number of hydrazone groups is 1. The minimum Gasteiger partial charge on any atom is -0.494 e. The van der Waals surface area contributed by atoms with Crippen LogP contribution in [0.25, 0.3) is 0 Å². The maximum Gasteiger partial charge on any atom is 0.184 e. The summed E-state index contributed by atoms with van der Waals surface area (Å²) >= 11 is 4.71. The molecule has 0 aromatic heterocycles. The molecule has 0 spiro atoms. The third-order valence-corrected chi connectivity index (χ3v) is 3.41. The molecule has 1 rings (SSSR count). The first kappa shape index (κ1) is 18.4. The average Bonchev–Trinajstić information content (AvgIpc) is 2.52. The second kappa shape index (κ2) is 11.0. The fourth-order valence-electron chi connectivity index (χ4n) is 2.00. The lowest BCUT2D eigenvalue weighted by atomic mass is 10.1. The molecule has 0 radical (unpaired) electrons. The molecule has 4 nitrogen and oxygen atoms in total. The Kier molecular flexibility index (Phi) is 9.23. The zero-order valence-corrected chi connectivity index (χ0v) is 14.4. The molecule has 0 saturated carbocycles. The summed E-state index contributed by atoms with van der Waals surface area (Å²) in [7, 11) is 0. The van der Waals surface area contributed by atoms with Crippen molar-refractivity contribution in [1.82, 2.24) is 5.43 Å². The van der Waals surface area contributed by atoms with Gasteiger partial charge in [0.15, 0.2) is 5.11 Å². The lowest BCUT2D eigenvalue weighted by Crippen LogP contribution is -2.25. The summed E-state index contributed by atoms with van der Waals surface area (Å²) in [6, 6.07) is 8.29. The van der Waals surface area contributed by atoms with E-state index in [1.54, 1.807) is 0 Å². The highest BCUT2D eigenvalue weighted by molar-refractivity contribution is 7.80. The van der Waals surface area contributed by atoms with Gasteiger partial charge in [0, 0.05) is 5.71 Å². The van der Waals surface area contributed by atoms with Crippen molar-refractivity contribution < 1.29 is 4.74 Å². The lowest BCUT2D eigenvalue weighted by Gasteiger charge is -2.07. The van der Waals surface area contributed by atoms with Gasteiger partial charge in [-0.1, -0.05) is 38.3 Å². The number of aryl methyl sites for hydroxylation is 1. The molecule has 0 aliphatic rings. The molecular formula is C17H27N3OS. The molecule has 0 amide bonds. The summed E-state index contributed by atoms with van der Waals surface area (Å²) in [5.41, 5.74) is 10.2. The number of nitrogens with two attached hydrogens (primary N) is 1. The Hall–Kier alpha value is -1.62. The maximum absolute atomic E-state index is 5.74. The first-order chi connectivity index (χ1) is 10.6. The van der Waals surface area contributed by atoms with Crippen LogP contribution in [0.4, 0.5) is 0 Å². The van der Waals surface area contributed by atoms with Gasteiger partial charge >= 0.3 is 0 Å². The first-order valence-electron chi connectivity index (χ1n) is 7.92. The highest BCUT2D eigenvalue weighted by Gasteiger charge is 1.98. The predicted molar refractivity (Wildman–Crippen MR) is 97.4 cm³/mol. The third kappa shape index (κ3) is 8.62. The molecule has 3 N–H and O–H groups in total. The van der Waals surface area contributed by atoms with Crippen LogP contribution in [0.2, 0.25) is 0 Å². The Morgan fingerprint density at radius 3 is 2.59 bits per heavy atom. The van der Waals surface area contributed by atoms with Crippen molar-refractivity contribution in [3.8, 4) is 5.75 Å². The number of hydrogen-bond acceptors (Lipinski definition) is 3. The largest absolute Gasteiger partial charge is 0.494 e. The number of rotatable bonds is 10. The lowest BCUT2D eigenvalue weighted by molar-refractivity contribution is 0.305. The number of thiocarbonyl (C=S) groups is 1. The number of unbranched alkanes of at least 4 members (excludes halogenated alkanes) is 3. The molecule has 22 heavy (non-hydrogen) atoms. The normalized spacial score (nSPS) is 11.3. The highest BCUT2D eigenvalue weighted by atomic mass is 32.1. The zero-order valence-electron chi connectivity index (χ0n) is 13.6. The van der Waals surface area contributed by atoms with Crippen LogP contribution in [0, 0.1) is 0 Å². The third-order valence-electron chi connectivity index (χ3n) is 3.32. The van der Waals surface area contributed by atoms with Crippen LogP contribution in [-0.2, 0) is 6.42 Å². The van der Waals surface area contributed by atoms with Gasteiger partial charge in [-0.15, -0.1) is 0 Å². The Bertz CT molecular complexity index is 471. The van der Waals surface area contributed by atoms with E-state index in [1.807, 2.05) is 19.1 Å². The van der Waals surface area contributed by atoms with Gasteiger partial charge in [0.05, 0.1) is 6.61 Å². The van der Waals surface area contributed by atoms with E-state index in [4.69, 9.17) is 22.7 Å². The summed E-state index contributed by atoms with van der Waals surface area (Å²) in [5, 5.41) is 4.29. The van der Waals surface area contributed by atoms with Crippen molar-refractivity contribution in [3.05, 3.63) is 29.8 Å². The molecule has 0 atom stereocenters. The van der Waals surface area contributed by atoms with Crippen LogP contribution in [-0.4, -0.2) is 17.4 Å². The number of ether oxygens (including phenoxy) is 1. The van der Waals surface area contributed by atoms with E-state index in [0.29, 0.717) is 0 Å². The van der Waals surface area contributed by atoms with Gasteiger partial charge in [0.1, 0.15) is 5.75 Å². The van der Waals surface area contributed by atoms with Gasteiger partial charge in [-0.25, -0.2) is 0 Å². The molecule has 0 fully saturated rings. The van der Waals surface area contributed by atoms with Crippen molar-refractivity contribution in [2.45, 2.75) is 52.4 Å². The molecule has 0 unspecified atom stereocenters. The number of hydrogen-bond donors (Lipinski definition) is 2. The smallest absolute Gasteiger partial charge is 0.184 e. The van der Waals surface area contributed by atoms with E-state index in [-0.39, 0.29) is 5.11 Å². The van der Waals surface area contributed by atoms with Crippen molar-refractivity contribution >= 4 is 23.0 Å². The molecule has 0 aliphatic heterocycles. The Morgan fingerprint density at radius 1 is 1.23 bits per heavy atom. The first-order valence-corrected chi connectivity index (χ1v) is 8.33. The summed E-state index contributed by atoms with van der Waals surface area (Å²) < 4.78 is 5.74. The quantitative estimate of drug-likeness (QED) is 0.298. The van der Waals surface area contributed by atoms with Gasteiger partial charge in [-0.2, -0.15) is 5.10 Å². The SMILES string of the molecule is CCCCCCOc1ccc(CC/C(C)=N/NC(N)=S)cc1. The highest BCUT2D eigenvalue weighted by Crippen LogP contribution is 2.14. The molecule has 0 saturated heterocycles. The van der Waals surface area contributed by atoms with Gasteiger partial charge in [-0.3, -0.25) is 5.43 Å². The standard InChI is InChI=1S/C17H27N3OS/c1-3-4-5-6-13-21-16-11-9-15(10-12-16)8-7-14(2)19-20-17(18)22/h9-12H,3-8,13H2,1-2H3,(H3,18,20,22)/b19-14+. The minimum atomic E-state index is 0.194. The Morgan fingerprint density at radius 2 is 1.95 bits per heavy atom. The average molecular weight is 321 g/mol. The summed E-state index contributed by atoms with van der Waals surface area (Å²) in [5.74, 6) is 0.945. The second-order valence-corrected chi connectivity index (χ2v) is 5.82. The molecule has 0 bridgehead atoms. The van der Waals surface area contributed by atoms with E-state index in [2.05, 4.69) is 29.6 Å². The van der Waals surface area contributed by atoms with Crippen molar-refractivity contribution in [2.24, 2.45) is 10.8 Å². The van der Waals surface area contributed by atoms with Crippen LogP contribution in [0.1, 0.15) is 51.5 Å². The van der Waals surface area contributed by atoms with Crippen LogP contribution >= 0.6 is 12.2 Å². The van der Waals surface area contributed by atoms with E-state index in [9.17, 15) is 0 Å². The van der Waals surface area contributed by atoms with Gasteiger partial charge in [0.25, 0.3) is 0 Å². The fourth-order valence-corrected chi connectivity index (χ4v) is 2.05. The summed E-state index contributed by atoms with van der Waals surface area (Å²) in [4.78, 5) is 0. The topological polar surface area (TPSA) is 59.6 Å². The van der Waals surface area contributed by atoms with E-state index in [0.717, 1.165) is 37.3 Å². The maximum atomic E-state index is 5.74. The number of benzene rings is 1. The monoisotopic (exact) mass is 321 g/mol. The van der Waals surface area contributed by atoms with Crippen molar-refractivity contribution in [3.63, 3.8) is 0 Å². The van der Waals surface area contributed by atoms with Gasteiger partial charge in [0.2, 0.25) is 0 Å². The van der Waals surface area contributed by atoms with E-state index >= 15 is 0 Å². The predicted octanol–water partition coefficient (Wildman–Crippen LogP) is 3.79. The summed E-state index contributed by atoms with van der Waals surface area (Å²) in [6.45, 7) is 4.97. The van der Waals surface area contributed by atoms with Crippen molar-refractivity contribution in [1.29, 1.82) is 0 Å². The minimum absolute atomic E-state index is 0.194. The molecule has 1 aromatic rings. The zero-order chi connectivity index (χ0) is 16.2. The van der Waals surface area contributed by atoms with Gasteiger partial charge in [-0.05, 0) is 56.1 Å². The second-order valence-electron chi connectivity index (χ2n) is 5.38. The van der Waals surface area contributed by atoms with E-state index in [1.165, 1.54) is 24.8 Å². The van der Waals surface area contributed by atoms with Crippen LogP contribution in [0.15, 0.2) is 29.4 Å². The van der Waals surface area contributed by atoms with Crippen LogP contribution in [0.3, 0.4) is 0 Å². The van der Waals surface area contributed by atoms with Gasteiger partial charge < -0.3 is 10.5 Å². The fraction of sp³-hybridized carbons (Fsp3) is 0.529. The molecule has 0 aliphatic carbocycles. The Balaban J connectivity index is 2.29. The van der Waals surface area contributed by atoms with Crippen LogP contribution in [0.5, 0.6) is 5.75 Å². The molecule has 122 valence electrons. The summed E-state index contributed by atoms with van der Waals surface area (Å²) in [6.07, 6.45) is 6.71. The molecule has 1 aromatic carbocycles. The number of nitrogens with one attached hydrogen (secondary N) is 1.